The highest BCUT2D eigenvalue weighted by atomic mass is 127. The third kappa shape index (κ3) is 4.92. The Hall–Kier alpha value is -0.650. The van der Waals surface area contributed by atoms with Crippen LogP contribution in [0.3, 0.4) is 0 Å². The summed E-state index contributed by atoms with van der Waals surface area (Å²) in [7, 11) is 0. The van der Waals surface area contributed by atoms with Gasteiger partial charge in [-0.2, -0.15) is 0 Å². The first-order valence-corrected chi connectivity index (χ1v) is 6.61. The minimum absolute atomic E-state index is 0.332. The number of hydrogen-bond acceptors (Lipinski definition) is 2. The molecule has 1 aromatic carbocycles. The average Bonchev–Trinajstić information content (AvgIpc) is 2.27. The summed E-state index contributed by atoms with van der Waals surface area (Å²) in [5.41, 5.74) is 1.06. The van der Waals surface area contributed by atoms with Gasteiger partial charge in [-0.15, -0.1) is 0 Å². The fourth-order valence-corrected chi connectivity index (χ4v) is 1.73. The van der Waals surface area contributed by atoms with Crippen LogP contribution in [-0.2, 0) is 11.2 Å². The molecule has 0 amide bonds. The second kappa shape index (κ2) is 6.83. The lowest BCUT2D eigenvalue weighted by Gasteiger charge is -2.05. The number of aryl methyl sites for hydroxylation is 1. The topological polar surface area (TPSA) is 26.3 Å². The molecule has 1 atom stereocenters. The molecule has 88 valence electrons. The first kappa shape index (κ1) is 13.4. The Kier molecular flexibility index (Phi) is 5.73. The first-order valence-electron chi connectivity index (χ1n) is 5.09. The predicted octanol–water partition coefficient (Wildman–Crippen LogP) is 3.32. The minimum Gasteiger partial charge on any atom is -0.427 e. The van der Waals surface area contributed by atoms with Gasteiger partial charge in [0.25, 0.3) is 0 Å². The number of hydrogen-bond donors (Lipinski definition) is 0. The van der Waals surface area contributed by atoms with Crippen molar-refractivity contribution in [2.75, 3.05) is 4.43 Å². The van der Waals surface area contributed by atoms with Crippen LogP contribution < -0.4 is 4.74 Å². The third-order valence-electron chi connectivity index (χ3n) is 2.10. The monoisotopic (exact) mass is 336 g/mol. The van der Waals surface area contributed by atoms with E-state index in [-0.39, 0.29) is 5.97 Å². The zero-order valence-electron chi connectivity index (χ0n) is 9.08. The number of benzene rings is 1. The molecule has 0 aromatic heterocycles. The van der Waals surface area contributed by atoms with E-state index in [1.165, 1.54) is 6.92 Å². The second-order valence-corrected chi connectivity index (χ2v) is 4.41. The minimum atomic E-state index is -0.742. The lowest BCUT2D eigenvalue weighted by Crippen LogP contribution is -2.03. The average molecular weight is 336 g/mol. The molecule has 16 heavy (non-hydrogen) atoms. The highest BCUT2D eigenvalue weighted by Crippen LogP contribution is 2.15. The van der Waals surface area contributed by atoms with Gasteiger partial charge in [0, 0.05) is 11.4 Å². The Bertz CT molecular complexity index is 337. The molecule has 1 unspecified atom stereocenters. The molecule has 0 saturated carbocycles. The van der Waals surface area contributed by atoms with Crippen molar-refractivity contribution in [3.05, 3.63) is 29.8 Å². The van der Waals surface area contributed by atoms with Crippen LogP contribution in [-0.4, -0.2) is 16.6 Å². The molecule has 0 N–H and O–H groups in total. The maximum atomic E-state index is 13.0. The first-order chi connectivity index (χ1) is 7.61. The Balaban J connectivity index is 2.48. The summed E-state index contributed by atoms with van der Waals surface area (Å²) in [6.07, 6.45) is 0.508. The van der Waals surface area contributed by atoms with Gasteiger partial charge < -0.3 is 4.74 Å². The Morgan fingerprint density at radius 1 is 1.44 bits per heavy atom. The maximum Gasteiger partial charge on any atom is 0.308 e. The molecule has 0 spiro atoms. The number of carbonyl (C=O) groups is 1. The number of ether oxygens (including phenoxy) is 1. The molecular weight excluding hydrogens is 322 g/mol. The summed E-state index contributed by atoms with van der Waals surface area (Å²) in [5, 5.41) is 0. The van der Waals surface area contributed by atoms with Crippen molar-refractivity contribution >= 4 is 28.6 Å². The lowest BCUT2D eigenvalue weighted by atomic mass is 10.1. The SMILES string of the molecule is CC(=O)Oc1ccc(CCC(F)CI)cc1. The molecule has 0 fully saturated rings. The maximum absolute atomic E-state index is 13.0. The summed E-state index contributed by atoms with van der Waals surface area (Å²) in [4.78, 5) is 10.7. The Morgan fingerprint density at radius 2 is 2.06 bits per heavy atom. The fourth-order valence-electron chi connectivity index (χ4n) is 1.29. The van der Waals surface area contributed by atoms with Crippen molar-refractivity contribution < 1.29 is 13.9 Å². The molecular formula is C12H14FIO2. The molecule has 2 nitrogen and oxygen atoms in total. The number of rotatable bonds is 5. The zero-order valence-corrected chi connectivity index (χ0v) is 11.2. The Morgan fingerprint density at radius 3 is 2.56 bits per heavy atom. The molecule has 0 heterocycles. The molecule has 0 aliphatic carbocycles. The highest BCUT2D eigenvalue weighted by Gasteiger charge is 2.04. The van der Waals surface area contributed by atoms with E-state index >= 15 is 0 Å². The van der Waals surface area contributed by atoms with Crippen molar-refractivity contribution in [2.24, 2.45) is 0 Å². The Labute approximate surface area is 108 Å². The number of halogens is 2. The number of alkyl halides is 2. The second-order valence-electron chi connectivity index (χ2n) is 3.53. The van der Waals surface area contributed by atoms with Gasteiger partial charge >= 0.3 is 5.97 Å². The summed E-state index contributed by atoms with van der Waals surface area (Å²) >= 11 is 2.04. The third-order valence-corrected chi connectivity index (χ3v) is 3.05. The smallest absolute Gasteiger partial charge is 0.308 e. The quantitative estimate of drug-likeness (QED) is 0.357. The van der Waals surface area contributed by atoms with E-state index in [0.717, 1.165) is 5.56 Å². The number of carbonyl (C=O) groups excluding carboxylic acids is 1. The highest BCUT2D eigenvalue weighted by molar-refractivity contribution is 14.1. The van der Waals surface area contributed by atoms with Gasteiger partial charge in [-0.3, -0.25) is 4.79 Å². The summed E-state index contributed by atoms with van der Waals surface area (Å²) in [6.45, 7) is 1.36. The molecule has 1 rings (SSSR count). The van der Waals surface area contributed by atoms with Crippen LogP contribution in [0.2, 0.25) is 0 Å². The van der Waals surface area contributed by atoms with E-state index in [4.69, 9.17) is 4.74 Å². The normalized spacial score (nSPS) is 12.2. The zero-order chi connectivity index (χ0) is 12.0. The van der Waals surface area contributed by atoms with Gasteiger partial charge in [0.15, 0.2) is 0 Å². The van der Waals surface area contributed by atoms with E-state index in [1.54, 1.807) is 12.1 Å². The van der Waals surface area contributed by atoms with Crippen LogP contribution in [0.4, 0.5) is 4.39 Å². The van der Waals surface area contributed by atoms with E-state index in [9.17, 15) is 9.18 Å². The molecule has 0 bridgehead atoms. The van der Waals surface area contributed by atoms with E-state index in [1.807, 2.05) is 34.7 Å². The van der Waals surface area contributed by atoms with Gasteiger partial charge in [0.05, 0.1) is 0 Å². The van der Waals surface area contributed by atoms with Gasteiger partial charge in [0.1, 0.15) is 11.9 Å². The largest absolute Gasteiger partial charge is 0.427 e. The van der Waals surface area contributed by atoms with Crippen LogP contribution in [0.1, 0.15) is 18.9 Å². The van der Waals surface area contributed by atoms with Gasteiger partial charge in [-0.05, 0) is 30.5 Å². The summed E-state index contributed by atoms with van der Waals surface area (Å²) < 4.78 is 18.4. The standard InChI is InChI=1S/C12H14FIO2/c1-9(15)16-12-6-3-10(4-7-12)2-5-11(13)8-14/h3-4,6-7,11H,2,5,8H2,1H3. The van der Waals surface area contributed by atoms with Crippen LogP contribution in [0.25, 0.3) is 0 Å². The molecule has 0 aliphatic heterocycles. The summed E-state index contributed by atoms with van der Waals surface area (Å²) in [5.74, 6) is 0.198. The van der Waals surface area contributed by atoms with E-state index in [2.05, 4.69) is 0 Å². The van der Waals surface area contributed by atoms with E-state index < -0.39 is 6.17 Å². The van der Waals surface area contributed by atoms with Gasteiger partial charge in [0.2, 0.25) is 0 Å². The van der Waals surface area contributed by atoms with Crippen LogP contribution in [0, 0.1) is 0 Å². The van der Waals surface area contributed by atoms with Crippen LogP contribution in [0.15, 0.2) is 24.3 Å². The van der Waals surface area contributed by atoms with Crippen molar-refractivity contribution in [2.45, 2.75) is 25.9 Å². The number of esters is 1. The van der Waals surface area contributed by atoms with Gasteiger partial charge in [-0.25, -0.2) is 4.39 Å². The molecule has 0 saturated heterocycles. The fraction of sp³-hybridized carbons (Fsp3) is 0.417. The van der Waals surface area contributed by atoms with Crippen LogP contribution >= 0.6 is 22.6 Å². The van der Waals surface area contributed by atoms with Crippen molar-refractivity contribution in [3.8, 4) is 5.75 Å². The lowest BCUT2D eigenvalue weighted by molar-refractivity contribution is -0.131. The van der Waals surface area contributed by atoms with Gasteiger partial charge in [-0.1, -0.05) is 34.7 Å². The molecule has 1 aromatic rings. The van der Waals surface area contributed by atoms with Crippen molar-refractivity contribution in [1.29, 1.82) is 0 Å². The molecule has 0 radical (unpaired) electrons. The van der Waals surface area contributed by atoms with E-state index in [0.29, 0.717) is 23.0 Å². The summed E-state index contributed by atoms with van der Waals surface area (Å²) in [6, 6.07) is 7.18. The van der Waals surface area contributed by atoms with Crippen molar-refractivity contribution in [3.63, 3.8) is 0 Å². The van der Waals surface area contributed by atoms with Crippen molar-refractivity contribution in [1.82, 2.24) is 0 Å². The molecule has 0 aliphatic rings. The van der Waals surface area contributed by atoms with Crippen LogP contribution in [0.5, 0.6) is 5.75 Å². The predicted molar refractivity (Wildman–Crippen MR) is 69.9 cm³/mol. The molecule has 4 heteroatoms.